The summed E-state index contributed by atoms with van der Waals surface area (Å²) in [6.07, 6.45) is 1.48. The Hall–Kier alpha value is -2.57. The molecule has 100 valence electrons. The number of carbonyl (C=O) groups is 1. The third kappa shape index (κ3) is 2.49. The average Bonchev–Trinajstić information content (AvgIpc) is 2.40. The molecule has 2 aromatic heterocycles. The number of nitrogen functional groups attached to an aromatic ring is 1. The fraction of sp³-hybridized carbons (Fsp3) is 0.250. The maximum absolute atomic E-state index is 12.0. The Morgan fingerprint density at radius 2 is 2.26 bits per heavy atom. The Labute approximate surface area is 109 Å². The number of nitrogens with two attached hydrogens (primary N) is 1. The van der Waals surface area contributed by atoms with Crippen LogP contribution in [-0.4, -0.2) is 29.1 Å². The van der Waals surface area contributed by atoms with Gasteiger partial charge in [0.1, 0.15) is 5.65 Å². The van der Waals surface area contributed by atoms with Crippen LogP contribution in [0.5, 0.6) is 5.75 Å². The monoisotopic (exact) mass is 262 g/mol. The van der Waals surface area contributed by atoms with Crippen molar-refractivity contribution in [1.82, 2.24) is 14.9 Å². The third-order valence-corrected chi connectivity index (χ3v) is 2.67. The Morgan fingerprint density at radius 3 is 2.95 bits per heavy atom. The van der Waals surface area contributed by atoms with Gasteiger partial charge in [0.05, 0.1) is 11.9 Å². The summed E-state index contributed by atoms with van der Waals surface area (Å²) in [6.45, 7) is -0.215. The summed E-state index contributed by atoms with van der Waals surface area (Å²) in [7, 11) is 3.08. The topological polar surface area (TPSA) is 99.2 Å². The quantitative estimate of drug-likeness (QED) is 0.787. The van der Waals surface area contributed by atoms with Gasteiger partial charge < -0.3 is 15.8 Å². The molecule has 7 heteroatoms. The van der Waals surface area contributed by atoms with Crippen molar-refractivity contribution in [2.45, 2.75) is 0 Å². The first-order chi connectivity index (χ1) is 9.02. The van der Waals surface area contributed by atoms with Crippen LogP contribution in [0.3, 0.4) is 0 Å². The van der Waals surface area contributed by atoms with E-state index in [-0.39, 0.29) is 23.8 Å². The Kier molecular flexibility index (Phi) is 3.37. The molecule has 0 saturated carbocycles. The lowest BCUT2D eigenvalue weighted by atomic mass is 10.2. The summed E-state index contributed by atoms with van der Waals surface area (Å²) in [5.74, 6) is -0.223. The Bertz CT molecular complexity index is 693. The number of ether oxygens (including phenoxy) is 1. The number of anilines is 1. The van der Waals surface area contributed by atoms with Gasteiger partial charge in [0.25, 0.3) is 11.5 Å². The van der Waals surface area contributed by atoms with Gasteiger partial charge in [0.2, 0.25) is 0 Å². The standard InChI is InChI=1S/C12H14N4O3/c1-14-10(17)6-19-9-4-7-3-8(13)5-15-11(7)16(2)12(9)18/h3-5H,6,13H2,1-2H3,(H,14,17). The van der Waals surface area contributed by atoms with Gasteiger partial charge in [-0.3, -0.25) is 14.2 Å². The van der Waals surface area contributed by atoms with E-state index in [4.69, 9.17) is 10.5 Å². The predicted molar refractivity (Wildman–Crippen MR) is 71.0 cm³/mol. The molecule has 0 aliphatic heterocycles. The first-order valence-electron chi connectivity index (χ1n) is 5.61. The normalized spacial score (nSPS) is 10.4. The minimum atomic E-state index is -0.353. The van der Waals surface area contributed by atoms with E-state index < -0.39 is 0 Å². The SMILES string of the molecule is CNC(=O)COc1cc2cc(N)cnc2n(C)c1=O. The molecule has 0 aromatic carbocycles. The van der Waals surface area contributed by atoms with E-state index in [1.807, 2.05) is 0 Å². The van der Waals surface area contributed by atoms with Crippen LogP contribution in [0.25, 0.3) is 11.0 Å². The van der Waals surface area contributed by atoms with Gasteiger partial charge in [-0.2, -0.15) is 0 Å². The zero-order chi connectivity index (χ0) is 14.0. The number of nitrogens with zero attached hydrogens (tertiary/aromatic N) is 2. The molecule has 0 aliphatic rings. The highest BCUT2D eigenvalue weighted by molar-refractivity contribution is 5.80. The minimum absolute atomic E-state index is 0.0889. The van der Waals surface area contributed by atoms with Crippen molar-refractivity contribution in [2.24, 2.45) is 7.05 Å². The number of pyridine rings is 2. The number of aromatic nitrogens is 2. The Balaban J connectivity index is 2.47. The molecule has 0 atom stereocenters. The van der Waals surface area contributed by atoms with E-state index in [0.29, 0.717) is 16.7 Å². The fourth-order valence-corrected chi connectivity index (χ4v) is 1.66. The van der Waals surface area contributed by atoms with Crippen molar-refractivity contribution < 1.29 is 9.53 Å². The molecule has 7 nitrogen and oxygen atoms in total. The largest absolute Gasteiger partial charge is 0.478 e. The van der Waals surface area contributed by atoms with Gasteiger partial charge in [-0.25, -0.2) is 4.98 Å². The smallest absolute Gasteiger partial charge is 0.294 e. The number of amides is 1. The predicted octanol–water partition coefficient (Wildman–Crippen LogP) is -0.360. The summed E-state index contributed by atoms with van der Waals surface area (Å²) in [5.41, 5.74) is 6.29. The molecule has 0 bridgehead atoms. The molecule has 2 rings (SSSR count). The molecule has 0 radical (unpaired) electrons. The van der Waals surface area contributed by atoms with Crippen molar-refractivity contribution in [3.8, 4) is 5.75 Å². The highest BCUT2D eigenvalue weighted by atomic mass is 16.5. The van der Waals surface area contributed by atoms with Crippen LogP contribution >= 0.6 is 0 Å². The highest BCUT2D eigenvalue weighted by Crippen LogP contribution is 2.17. The molecule has 19 heavy (non-hydrogen) atoms. The number of fused-ring (bicyclic) bond motifs is 1. The van der Waals surface area contributed by atoms with Crippen molar-refractivity contribution in [2.75, 3.05) is 19.4 Å². The summed E-state index contributed by atoms with van der Waals surface area (Å²) in [6, 6.07) is 3.22. The number of nitrogens with one attached hydrogen (secondary N) is 1. The molecular weight excluding hydrogens is 248 g/mol. The van der Waals surface area contributed by atoms with E-state index in [1.54, 1.807) is 13.1 Å². The lowest BCUT2D eigenvalue weighted by molar-refractivity contribution is -0.122. The van der Waals surface area contributed by atoms with Crippen LogP contribution < -0.4 is 21.3 Å². The first-order valence-corrected chi connectivity index (χ1v) is 5.61. The third-order valence-electron chi connectivity index (χ3n) is 2.67. The fourth-order valence-electron chi connectivity index (χ4n) is 1.66. The van der Waals surface area contributed by atoms with Gasteiger partial charge in [-0.05, 0) is 12.1 Å². The maximum Gasteiger partial charge on any atom is 0.294 e. The second-order valence-electron chi connectivity index (χ2n) is 4.02. The van der Waals surface area contributed by atoms with Crippen LogP contribution in [0, 0.1) is 0 Å². The zero-order valence-electron chi connectivity index (χ0n) is 10.6. The van der Waals surface area contributed by atoms with E-state index in [0.717, 1.165) is 0 Å². The first kappa shape index (κ1) is 12.9. The molecule has 0 aliphatic carbocycles. The van der Waals surface area contributed by atoms with Gasteiger partial charge in [-0.1, -0.05) is 0 Å². The van der Waals surface area contributed by atoms with Gasteiger partial charge >= 0.3 is 0 Å². The molecule has 0 fully saturated rings. The maximum atomic E-state index is 12.0. The summed E-state index contributed by atoms with van der Waals surface area (Å²) >= 11 is 0. The average molecular weight is 262 g/mol. The molecule has 0 spiro atoms. The van der Waals surface area contributed by atoms with Gasteiger partial charge in [0, 0.05) is 19.5 Å². The van der Waals surface area contributed by atoms with Gasteiger partial charge in [0.15, 0.2) is 12.4 Å². The van der Waals surface area contributed by atoms with E-state index in [9.17, 15) is 9.59 Å². The van der Waals surface area contributed by atoms with Crippen molar-refractivity contribution in [3.63, 3.8) is 0 Å². The molecule has 1 amide bonds. The second kappa shape index (κ2) is 4.97. The highest BCUT2D eigenvalue weighted by Gasteiger charge is 2.10. The number of likely N-dealkylation sites (N-methyl/N-ethyl adjacent to an activating group) is 1. The van der Waals surface area contributed by atoms with E-state index >= 15 is 0 Å². The van der Waals surface area contributed by atoms with Crippen LogP contribution in [0.15, 0.2) is 23.1 Å². The molecule has 3 N–H and O–H groups in total. The van der Waals surface area contributed by atoms with Crippen LogP contribution in [0.4, 0.5) is 5.69 Å². The van der Waals surface area contributed by atoms with Crippen molar-refractivity contribution in [3.05, 3.63) is 28.7 Å². The molecule has 2 aromatic rings. The summed E-state index contributed by atoms with van der Waals surface area (Å²) in [5, 5.41) is 3.09. The Morgan fingerprint density at radius 1 is 1.53 bits per heavy atom. The van der Waals surface area contributed by atoms with Crippen molar-refractivity contribution >= 4 is 22.6 Å². The van der Waals surface area contributed by atoms with E-state index in [2.05, 4.69) is 10.3 Å². The summed E-state index contributed by atoms with van der Waals surface area (Å²) < 4.78 is 6.56. The number of hydrogen-bond donors (Lipinski definition) is 2. The number of aryl methyl sites for hydroxylation is 1. The van der Waals surface area contributed by atoms with E-state index in [1.165, 1.54) is 23.9 Å². The number of carbonyl (C=O) groups excluding carboxylic acids is 1. The van der Waals surface area contributed by atoms with Crippen molar-refractivity contribution in [1.29, 1.82) is 0 Å². The van der Waals surface area contributed by atoms with Crippen LogP contribution in [0.2, 0.25) is 0 Å². The summed E-state index contributed by atoms with van der Waals surface area (Å²) in [4.78, 5) is 27.2. The second-order valence-corrected chi connectivity index (χ2v) is 4.02. The van der Waals surface area contributed by atoms with Crippen LogP contribution in [-0.2, 0) is 11.8 Å². The molecule has 2 heterocycles. The lowest BCUT2D eigenvalue weighted by Gasteiger charge is -2.09. The zero-order valence-corrected chi connectivity index (χ0v) is 10.6. The minimum Gasteiger partial charge on any atom is -0.478 e. The van der Waals surface area contributed by atoms with Gasteiger partial charge in [-0.15, -0.1) is 0 Å². The number of rotatable bonds is 3. The lowest BCUT2D eigenvalue weighted by Crippen LogP contribution is -2.28. The molecule has 0 saturated heterocycles. The number of hydrogen-bond acceptors (Lipinski definition) is 5. The molecule has 0 unspecified atom stereocenters. The molecular formula is C12H14N4O3. The van der Waals surface area contributed by atoms with Crippen LogP contribution in [0.1, 0.15) is 0 Å².